The minimum absolute atomic E-state index is 0.425. The molecule has 100 valence electrons. The molecule has 0 bridgehead atoms. The maximum Gasteiger partial charge on any atom is 0.131 e. The fourth-order valence-corrected chi connectivity index (χ4v) is 2.66. The second-order valence-corrected chi connectivity index (χ2v) is 5.66. The lowest BCUT2D eigenvalue weighted by molar-refractivity contribution is 0.421. The second-order valence-electron chi connectivity index (χ2n) is 5.66. The molecule has 0 saturated heterocycles. The molecule has 1 aliphatic carbocycles. The summed E-state index contributed by atoms with van der Waals surface area (Å²) in [6.45, 7) is 10.8. The minimum atomic E-state index is 0.425. The molecular formula is C15H25N3. The predicted octanol–water partition coefficient (Wildman–Crippen LogP) is 2.62. The highest BCUT2D eigenvalue weighted by molar-refractivity contribution is 5.28. The molecule has 0 fully saturated rings. The highest BCUT2D eigenvalue weighted by atomic mass is 14.9. The zero-order chi connectivity index (χ0) is 13.1. The van der Waals surface area contributed by atoms with Crippen LogP contribution in [0.15, 0.2) is 0 Å². The first-order valence-corrected chi connectivity index (χ1v) is 7.18. The van der Waals surface area contributed by atoms with Crippen LogP contribution in [0.5, 0.6) is 0 Å². The Bertz CT molecular complexity index is 412. The van der Waals surface area contributed by atoms with E-state index in [2.05, 4.69) is 38.0 Å². The van der Waals surface area contributed by atoms with Gasteiger partial charge in [-0.05, 0) is 50.8 Å². The molecule has 0 amide bonds. The van der Waals surface area contributed by atoms with Gasteiger partial charge in [-0.15, -0.1) is 0 Å². The molecule has 0 spiro atoms. The van der Waals surface area contributed by atoms with Gasteiger partial charge in [0.05, 0.1) is 0 Å². The molecular weight excluding hydrogens is 222 g/mol. The number of hydrogen-bond donors (Lipinski definition) is 1. The van der Waals surface area contributed by atoms with Gasteiger partial charge in [-0.2, -0.15) is 0 Å². The van der Waals surface area contributed by atoms with Crippen LogP contribution < -0.4 is 5.32 Å². The molecule has 0 aromatic carbocycles. The summed E-state index contributed by atoms with van der Waals surface area (Å²) >= 11 is 0. The molecule has 1 N–H and O–H groups in total. The summed E-state index contributed by atoms with van der Waals surface area (Å²) in [6, 6.07) is 0. The van der Waals surface area contributed by atoms with E-state index in [1.807, 2.05) is 0 Å². The van der Waals surface area contributed by atoms with Crippen LogP contribution in [0, 0.1) is 12.8 Å². The molecule has 0 radical (unpaired) electrons. The van der Waals surface area contributed by atoms with E-state index in [1.54, 1.807) is 0 Å². The fourth-order valence-electron chi connectivity index (χ4n) is 2.66. The van der Waals surface area contributed by atoms with Crippen molar-refractivity contribution in [2.45, 2.75) is 52.9 Å². The molecule has 3 heteroatoms. The Labute approximate surface area is 110 Å². The van der Waals surface area contributed by atoms with E-state index < -0.39 is 0 Å². The summed E-state index contributed by atoms with van der Waals surface area (Å²) in [4.78, 5) is 9.43. The molecule has 1 aliphatic rings. The van der Waals surface area contributed by atoms with Crippen molar-refractivity contribution in [3.63, 3.8) is 0 Å². The molecule has 3 nitrogen and oxygen atoms in total. The smallest absolute Gasteiger partial charge is 0.131 e. The van der Waals surface area contributed by atoms with E-state index in [0.717, 1.165) is 37.7 Å². The first-order chi connectivity index (χ1) is 8.61. The zero-order valence-corrected chi connectivity index (χ0v) is 12.1. The highest BCUT2D eigenvalue weighted by Crippen LogP contribution is 2.27. The molecule has 1 aromatic rings. The first kappa shape index (κ1) is 13.5. The van der Waals surface area contributed by atoms with Crippen LogP contribution >= 0.6 is 0 Å². The van der Waals surface area contributed by atoms with E-state index in [0.29, 0.717) is 5.92 Å². The third kappa shape index (κ3) is 2.89. The lowest BCUT2D eigenvalue weighted by Crippen LogP contribution is -2.28. The zero-order valence-electron chi connectivity index (χ0n) is 12.1. The van der Waals surface area contributed by atoms with Crippen molar-refractivity contribution in [1.29, 1.82) is 0 Å². The number of hydrogen-bond acceptors (Lipinski definition) is 3. The number of aromatic nitrogens is 2. The average molecular weight is 247 g/mol. The Balaban J connectivity index is 2.18. The fraction of sp³-hybridized carbons (Fsp3) is 0.733. The Morgan fingerprint density at radius 1 is 1.33 bits per heavy atom. The van der Waals surface area contributed by atoms with Crippen molar-refractivity contribution < 1.29 is 0 Å². The number of rotatable bonds is 4. The van der Waals surface area contributed by atoms with Crippen LogP contribution in [0.1, 0.15) is 55.9 Å². The molecule has 18 heavy (non-hydrogen) atoms. The van der Waals surface area contributed by atoms with Gasteiger partial charge in [0.25, 0.3) is 0 Å². The predicted molar refractivity (Wildman–Crippen MR) is 74.9 cm³/mol. The summed E-state index contributed by atoms with van der Waals surface area (Å²) in [5.41, 5.74) is 3.91. The average Bonchev–Trinajstić information content (AvgIpc) is 2.36. The lowest BCUT2D eigenvalue weighted by Gasteiger charge is -2.26. The molecule has 0 saturated carbocycles. The number of aryl methyl sites for hydroxylation is 2. The van der Waals surface area contributed by atoms with Gasteiger partial charge in [-0.1, -0.05) is 20.8 Å². The minimum Gasteiger partial charge on any atom is -0.317 e. The normalized spacial score (nSPS) is 19.1. The van der Waals surface area contributed by atoms with E-state index in [4.69, 9.17) is 4.98 Å². The summed E-state index contributed by atoms with van der Waals surface area (Å²) in [5.74, 6) is 2.19. The molecule has 2 rings (SSSR count). The van der Waals surface area contributed by atoms with Crippen LogP contribution in [0.3, 0.4) is 0 Å². The first-order valence-electron chi connectivity index (χ1n) is 7.18. The Morgan fingerprint density at radius 2 is 2.11 bits per heavy atom. The van der Waals surface area contributed by atoms with Crippen molar-refractivity contribution in [2.24, 2.45) is 5.92 Å². The summed E-state index contributed by atoms with van der Waals surface area (Å²) in [6.07, 6.45) is 3.52. The highest BCUT2D eigenvalue weighted by Gasteiger charge is 2.22. The number of nitrogens with zero attached hydrogens (tertiary/aromatic N) is 2. The van der Waals surface area contributed by atoms with Gasteiger partial charge in [0, 0.05) is 17.3 Å². The van der Waals surface area contributed by atoms with Gasteiger partial charge in [0.1, 0.15) is 5.82 Å². The third-order valence-corrected chi connectivity index (χ3v) is 3.80. The topological polar surface area (TPSA) is 37.8 Å². The summed E-state index contributed by atoms with van der Waals surface area (Å²) < 4.78 is 0. The van der Waals surface area contributed by atoms with Crippen molar-refractivity contribution >= 4 is 0 Å². The number of fused-ring (bicyclic) bond motifs is 1. The van der Waals surface area contributed by atoms with Gasteiger partial charge in [-0.25, -0.2) is 9.97 Å². The van der Waals surface area contributed by atoms with E-state index >= 15 is 0 Å². The monoisotopic (exact) mass is 247 g/mol. The van der Waals surface area contributed by atoms with E-state index in [9.17, 15) is 0 Å². The van der Waals surface area contributed by atoms with Gasteiger partial charge in [0.15, 0.2) is 0 Å². The largest absolute Gasteiger partial charge is 0.317 e. The molecule has 1 aromatic heterocycles. The van der Waals surface area contributed by atoms with Crippen molar-refractivity contribution in [3.05, 3.63) is 22.8 Å². The Morgan fingerprint density at radius 3 is 2.78 bits per heavy atom. The van der Waals surface area contributed by atoms with E-state index in [1.165, 1.54) is 23.4 Å². The van der Waals surface area contributed by atoms with Crippen LogP contribution in [0.4, 0.5) is 0 Å². The van der Waals surface area contributed by atoms with E-state index in [-0.39, 0.29) is 0 Å². The second kappa shape index (κ2) is 5.79. The van der Waals surface area contributed by atoms with Gasteiger partial charge in [0.2, 0.25) is 0 Å². The molecule has 1 heterocycles. The quantitative estimate of drug-likeness (QED) is 0.889. The maximum atomic E-state index is 4.76. The maximum absolute atomic E-state index is 4.76. The van der Waals surface area contributed by atoms with Gasteiger partial charge >= 0.3 is 0 Å². The van der Waals surface area contributed by atoms with Crippen molar-refractivity contribution in [2.75, 3.05) is 13.1 Å². The molecule has 0 aliphatic heterocycles. The summed E-state index contributed by atoms with van der Waals surface area (Å²) in [7, 11) is 0. The SMILES string of the molecule is CCNCC1CCc2nc(C(C)C)nc(C)c2C1. The van der Waals surface area contributed by atoms with Gasteiger partial charge in [-0.3, -0.25) is 0 Å². The van der Waals surface area contributed by atoms with Crippen LogP contribution in [0.2, 0.25) is 0 Å². The van der Waals surface area contributed by atoms with Crippen molar-refractivity contribution in [1.82, 2.24) is 15.3 Å². The van der Waals surface area contributed by atoms with Crippen molar-refractivity contribution in [3.8, 4) is 0 Å². The molecule has 1 unspecified atom stereocenters. The van der Waals surface area contributed by atoms with Gasteiger partial charge < -0.3 is 5.32 Å². The lowest BCUT2D eigenvalue weighted by atomic mass is 9.85. The third-order valence-electron chi connectivity index (χ3n) is 3.80. The van der Waals surface area contributed by atoms with Crippen LogP contribution in [-0.4, -0.2) is 23.1 Å². The Kier molecular flexibility index (Phi) is 4.33. The van der Waals surface area contributed by atoms with Crippen LogP contribution in [0.25, 0.3) is 0 Å². The standard InChI is InChI=1S/C15H25N3/c1-5-16-9-12-6-7-14-13(8-12)11(4)17-15(18-14)10(2)3/h10,12,16H,5-9H2,1-4H3. The Hall–Kier alpha value is -0.960. The van der Waals surface area contributed by atoms with Crippen LogP contribution in [-0.2, 0) is 12.8 Å². The number of nitrogens with one attached hydrogen (secondary N) is 1. The summed E-state index contributed by atoms with van der Waals surface area (Å²) in [5, 5.41) is 3.46. The molecule has 1 atom stereocenters.